The molecule has 0 aromatic heterocycles. The van der Waals surface area contributed by atoms with E-state index in [9.17, 15) is 0 Å². The summed E-state index contributed by atoms with van der Waals surface area (Å²) >= 11 is 1.52. The number of oxime groups is 1. The number of amidine groups is 1. The van der Waals surface area contributed by atoms with Crippen LogP contribution in [0.1, 0.15) is 18.1 Å². The zero-order chi connectivity index (χ0) is 15.2. The van der Waals surface area contributed by atoms with Crippen molar-refractivity contribution in [3.05, 3.63) is 53.6 Å². The van der Waals surface area contributed by atoms with E-state index < -0.39 is 0 Å². The SMILES string of the molecule is CCc1ccc(Oc2cccc(SC)c2/C(N)=N/O)cc1. The lowest BCUT2D eigenvalue weighted by atomic mass is 10.1. The van der Waals surface area contributed by atoms with Crippen LogP contribution in [0.4, 0.5) is 0 Å². The van der Waals surface area contributed by atoms with Gasteiger partial charge in [-0.25, -0.2) is 0 Å². The Kier molecular flexibility index (Phi) is 5.11. The van der Waals surface area contributed by atoms with Crippen LogP contribution >= 0.6 is 11.8 Å². The van der Waals surface area contributed by atoms with Crippen LogP contribution in [0.25, 0.3) is 0 Å². The molecule has 2 aromatic carbocycles. The molecule has 0 saturated heterocycles. The van der Waals surface area contributed by atoms with Crippen LogP contribution in [-0.4, -0.2) is 17.3 Å². The van der Waals surface area contributed by atoms with Crippen molar-refractivity contribution < 1.29 is 9.94 Å². The van der Waals surface area contributed by atoms with Gasteiger partial charge in [-0.3, -0.25) is 0 Å². The van der Waals surface area contributed by atoms with Crippen LogP contribution in [0.15, 0.2) is 52.5 Å². The molecule has 0 unspecified atom stereocenters. The van der Waals surface area contributed by atoms with Crippen LogP contribution < -0.4 is 10.5 Å². The van der Waals surface area contributed by atoms with Crippen molar-refractivity contribution in [2.24, 2.45) is 10.9 Å². The van der Waals surface area contributed by atoms with Crippen molar-refractivity contribution in [1.82, 2.24) is 0 Å². The maximum Gasteiger partial charge on any atom is 0.175 e. The number of nitrogens with two attached hydrogens (primary N) is 1. The monoisotopic (exact) mass is 302 g/mol. The summed E-state index contributed by atoms with van der Waals surface area (Å²) in [6, 6.07) is 13.5. The molecule has 0 aliphatic rings. The Morgan fingerprint density at radius 2 is 1.95 bits per heavy atom. The number of aryl methyl sites for hydroxylation is 1. The molecule has 5 heteroatoms. The third-order valence-electron chi connectivity index (χ3n) is 3.13. The van der Waals surface area contributed by atoms with E-state index in [0.717, 1.165) is 17.1 Å². The van der Waals surface area contributed by atoms with Gasteiger partial charge < -0.3 is 15.7 Å². The lowest BCUT2D eigenvalue weighted by Gasteiger charge is -2.13. The van der Waals surface area contributed by atoms with Crippen LogP contribution in [-0.2, 0) is 6.42 Å². The molecule has 21 heavy (non-hydrogen) atoms. The van der Waals surface area contributed by atoms with Gasteiger partial charge in [-0.05, 0) is 42.5 Å². The minimum absolute atomic E-state index is 0.0418. The number of hydrogen-bond donors (Lipinski definition) is 2. The molecule has 0 spiro atoms. The predicted octanol–water partition coefficient (Wildman–Crippen LogP) is 3.86. The Morgan fingerprint density at radius 1 is 1.24 bits per heavy atom. The highest BCUT2D eigenvalue weighted by Crippen LogP contribution is 2.32. The molecule has 2 aromatic rings. The van der Waals surface area contributed by atoms with Gasteiger partial charge >= 0.3 is 0 Å². The third kappa shape index (κ3) is 3.49. The van der Waals surface area contributed by atoms with Crippen molar-refractivity contribution >= 4 is 17.6 Å². The fourth-order valence-corrected chi connectivity index (χ4v) is 2.61. The van der Waals surface area contributed by atoms with E-state index in [1.54, 1.807) is 6.07 Å². The number of hydrogen-bond acceptors (Lipinski definition) is 4. The van der Waals surface area contributed by atoms with E-state index in [0.29, 0.717) is 11.3 Å². The molecule has 0 radical (unpaired) electrons. The lowest BCUT2D eigenvalue weighted by Crippen LogP contribution is -2.15. The van der Waals surface area contributed by atoms with Gasteiger partial charge in [0.15, 0.2) is 5.84 Å². The van der Waals surface area contributed by atoms with Crippen molar-refractivity contribution in [2.75, 3.05) is 6.26 Å². The second-order valence-electron chi connectivity index (χ2n) is 4.42. The minimum Gasteiger partial charge on any atom is -0.457 e. The summed E-state index contributed by atoms with van der Waals surface area (Å²) in [5.74, 6) is 1.33. The highest BCUT2D eigenvalue weighted by atomic mass is 32.2. The van der Waals surface area contributed by atoms with E-state index in [4.69, 9.17) is 15.7 Å². The average molecular weight is 302 g/mol. The Morgan fingerprint density at radius 3 is 2.52 bits per heavy atom. The molecular formula is C16H18N2O2S. The first-order valence-electron chi connectivity index (χ1n) is 6.61. The Hall–Kier alpha value is -2.14. The minimum atomic E-state index is 0.0418. The van der Waals surface area contributed by atoms with Gasteiger partial charge in [-0.15, -0.1) is 11.8 Å². The van der Waals surface area contributed by atoms with E-state index in [2.05, 4.69) is 12.1 Å². The number of ether oxygens (including phenoxy) is 1. The Balaban J connectivity index is 2.38. The fraction of sp³-hybridized carbons (Fsp3) is 0.188. The van der Waals surface area contributed by atoms with Crippen molar-refractivity contribution in [1.29, 1.82) is 0 Å². The molecule has 0 fully saturated rings. The second-order valence-corrected chi connectivity index (χ2v) is 5.27. The Labute approximate surface area is 128 Å². The van der Waals surface area contributed by atoms with Gasteiger partial charge in [0.2, 0.25) is 0 Å². The summed E-state index contributed by atoms with van der Waals surface area (Å²) in [5.41, 5.74) is 7.63. The average Bonchev–Trinajstić information content (AvgIpc) is 2.54. The summed E-state index contributed by atoms with van der Waals surface area (Å²) in [6.07, 6.45) is 2.92. The van der Waals surface area contributed by atoms with E-state index >= 15 is 0 Å². The number of thioether (sulfide) groups is 1. The summed E-state index contributed by atoms with van der Waals surface area (Å²) in [5, 5.41) is 12.1. The summed E-state index contributed by atoms with van der Waals surface area (Å²) in [6.45, 7) is 2.11. The molecule has 0 saturated carbocycles. The molecule has 0 bridgehead atoms. The summed E-state index contributed by atoms with van der Waals surface area (Å²) in [4.78, 5) is 0.896. The Bertz CT molecular complexity index is 639. The molecule has 0 heterocycles. The molecule has 0 aliphatic carbocycles. The lowest BCUT2D eigenvalue weighted by molar-refractivity contribution is 0.318. The highest BCUT2D eigenvalue weighted by molar-refractivity contribution is 7.98. The topological polar surface area (TPSA) is 67.8 Å². The summed E-state index contributed by atoms with van der Waals surface area (Å²) in [7, 11) is 0. The smallest absolute Gasteiger partial charge is 0.175 e. The highest BCUT2D eigenvalue weighted by Gasteiger charge is 2.14. The first-order chi connectivity index (χ1) is 10.2. The number of benzene rings is 2. The number of rotatable bonds is 5. The van der Waals surface area contributed by atoms with Gasteiger partial charge in [-0.2, -0.15) is 0 Å². The van der Waals surface area contributed by atoms with Crippen LogP contribution in [0.2, 0.25) is 0 Å². The van der Waals surface area contributed by atoms with Gasteiger partial charge in [0.25, 0.3) is 0 Å². The molecule has 3 N–H and O–H groups in total. The van der Waals surface area contributed by atoms with E-state index in [1.807, 2.05) is 42.7 Å². The molecule has 2 rings (SSSR count). The fourth-order valence-electron chi connectivity index (χ4n) is 1.99. The first kappa shape index (κ1) is 15.3. The maximum absolute atomic E-state index is 8.97. The van der Waals surface area contributed by atoms with Crippen LogP contribution in [0, 0.1) is 0 Å². The zero-order valence-electron chi connectivity index (χ0n) is 12.0. The molecule has 0 amide bonds. The van der Waals surface area contributed by atoms with E-state index in [-0.39, 0.29) is 5.84 Å². The van der Waals surface area contributed by atoms with Gasteiger partial charge in [0.1, 0.15) is 11.5 Å². The number of nitrogens with zero attached hydrogens (tertiary/aromatic N) is 1. The largest absolute Gasteiger partial charge is 0.457 e. The molecule has 110 valence electrons. The first-order valence-corrected chi connectivity index (χ1v) is 7.83. The van der Waals surface area contributed by atoms with Crippen LogP contribution in [0.5, 0.6) is 11.5 Å². The molecule has 0 aliphatic heterocycles. The summed E-state index contributed by atoms with van der Waals surface area (Å²) < 4.78 is 5.89. The standard InChI is InChI=1S/C16H18N2O2S/c1-3-11-7-9-12(10-8-11)20-13-5-4-6-14(21-2)15(13)16(17)18-19/h4-10,19H,3H2,1-2H3,(H2,17,18). The molecular weight excluding hydrogens is 284 g/mol. The van der Waals surface area contributed by atoms with Gasteiger partial charge in [0, 0.05) is 4.90 Å². The van der Waals surface area contributed by atoms with Gasteiger partial charge in [-0.1, -0.05) is 30.3 Å². The third-order valence-corrected chi connectivity index (χ3v) is 3.91. The van der Waals surface area contributed by atoms with E-state index in [1.165, 1.54) is 17.3 Å². The molecule has 0 atom stereocenters. The van der Waals surface area contributed by atoms with Crippen molar-refractivity contribution in [3.8, 4) is 11.5 Å². The second kappa shape index (κ2) is 7.04. The normalized spacial score (nSPS) is 11.4. The van der Waals surface area contributed by atoms with Gasteiger partial charge in [0.05, 0.1) is 5.56 Å². The molecule has 4 nitrogen and oxygen atoms in total. The van der Waals surface area contributed by atoms with Crippen LogP contribution in [0.3, 0.4) is 0 Å². The zero-order valence-corrected chi connectivity index (χ0v) is 12.9. The quantitative estimate of drug-likeness (QED) is 0.289. The van der Waals surface area contributed by atoms with Crippen molar-refractivity contribution in [2.45, 2.75) is 18.2 Å². The van der Waals surface area contributed by atoms with Crippen molar-refractivity contribution in [3.63, 3.8) is 0 Å². The predicted molar refractivity (Wildman–Crippen MR) is 86.6 cm³/mol. The maximum atomic E-state index is 8.97.